The fraction of sp³-hybridized carbons (Fsp3) is 0.935. The first-order valence-corrected chi connectivity index (χ1v) is 15.5. The summed E-state index contributed by atoms with van der Waals surface area (Å²) in [4.78, 5) is 5.34. The molecule has 0 aliphatic carbocycles. The van der Waals surface area contributed by atoms with Crippen LogP contribution in [0, 0.1) is 0 Å². The minimum Gasteiger partial charge on any atom is -0.356 e. The molecular formula is C31H62N2. The lowest BCUT2D eigenvalue weighted by Crippen LogP contribution is -2.39. The van der Waals surface area contributed by atoms with Gasteiger partial charge in [0.25, 0.3) is 0 Å². The first-order chi connectivity index (χ1) is 16.3. The molecule has 196 valence electrons. The van der Waals surface area contributed by atoms with Crippen LogP contribution in [0.3, 0.4) is 0 Å². The van der Waals surface area contributed by atoms with E-state index in [2.05, 4.69) is 43.0 Å². The van der Waals surface area contributed by atoms with Gasteiger partial charge in [0.15, 0.2) is 0 Å². The van der Waals surface area contributed by atoms with Crippen molar-refractivity contribution in [2.45, 2.75) is 175 Å². The first-order valence-electron chi connectivity index (χ1n) is 15.5. The molecule has 0 aromatic rings. The van der Waals surface area contributed by atoms with Crippen LogP contribution in [0.1, 0.15) is 168 Å². The van der Waals surface area contributed by atoms with Crippen LogP contribution in [0.25, 0.3) is 0 Å². The number of rotatable bonds is 25. The maximum atomic E-state index is 2.68. The van der Waals surface area contributed by atoms with Crippen LogP contribution in [0.15, 0.2) is 12.4 Å². The predicted molar refractivity (Wildman–Crippen MR) is 150 cm³/mol. The van der Waals surface area contributed by atoms with Gasteiger partial charge < -0.3 is 9.80 Å². The van der Waals surface area contributed by atoms with E-state index in [1.807, 2.05) is 0 Å². The molecule has 1 rings (SSSR count). The lowest BCUT2D eigenvalue weighted by Gasteiger charge is -2.33. The van der Waals surface area contributed by atoms with Gasteiger partial charge in [-0.15, -0.1) is 0 Å². The van der Waals surface area contributed by atoms with Crippen LogP contribution < -0.4 is 0 Å². The summed E-state index contributed by atoms with van der Waals surface area (Å²) in [5.41, 5.74) is 0. The number of hydrogen-bond acceptors (Lipinski definition) is 2. The summed E-state index contributed by atoms with van der Waals surface area (Å²) in [5, 5.41) is 0. The van der Waals surface area contributed by atoms with Crippen LogP contribution in [-0.2, 0) is 0 Å². The Balaban J connectivity index is 2.16. The maximum absolute atomic E-state index is 2.68. The third kappa shape index (κ3) is 16.6. The molecule has 33 heavy (non-hydrogen) atoms. The molecule has 0 saturated heterocycles. The Bertz CT molecular complexity index is 419. The summed E-state index contributed by atoms with van der Waals surface area (Å²) in [6, 6.07) is 0. The highest BCUT2D eigenvalue weighted by Crippen LogP contribution is 2.23. The topological polar surface area (TPSA) is 6.48 Å². The molecule has 0 N–H and O–H groups in total. The maximum Gasteiger partial charge on any atom is 0.101 e. The summed E-state index contributed by atoms with van der Waals surface area (Å²) >= 11 is 0. The van der Waals surface area contributed by atoms with Crippen molar-refractivity contribution >= 4 is 0 Å². The summed E-state index contributed by atoms with van der Waals surface area (Å²) in [6.45, 7) is 9.44. The second-order valence-corrected chi connectivity index (χ2v) is 10.8. The van der Waals surface area contributed by atoms with E-state index in [1.165, 1.54) is 161 Å². The van der Waals surface area contributed by atoms with E-state index < -0.39 is 0 Å². The fourth-order valence-corrected chi connectivity index (χ4v) is 5.30. The van der Waals surface area contributed by atoms with Gasteiger partial charge in [0.1, 0.15) is 6.17 Å². The summed E-state index contributed by atoms with van der Waals surface area (Å²) in [7, 11) is 0. The van der Waals surface area contributed by atoms with Crippen LogP contribution in [0.2, 0.25) is 0 Å². The molecule has 1 aliphatic rings. The van der Waals surface area contributed by atoms with Crippen molar-refractivity contribution in [3.63, 3.8) is 0 Å². The van der Waals surface area contributed by atoms with Gasteiger partial charge >= 0.3 is 0 Å². The lowest BCUT2D eigenvalue weighted by molar-refractivity contribution is 0.135. The van der Waals surface area contributed by atoms with Crippen molar-refractivity contribution in [2.75, 3.05) is 13.1 Å². The van der Waals surface area contributed by atoms with Crippen molar-refractivity contribution < 1.29 is 0 Å². The number of nitrogens with zero attached hydrogens (tertiary/aromatic N) is 2. The molecule has 2 heteroatoms. The SMILES string of the molecule is CCCCCCCCCCCCCCC1N(CCCCC)C=CN1CCCCCCCCC. The molecule has 1 heterocycles. The average Bonchev–Trinajstić information content (AvgIpc) is 3.20. The van der Waals surface area contributed by atoms with E-state index in [0.717, 1.165) is 0 Å². The summed E-state index contributed by atoms with van der Waals surface area (Å²) < 4.78 is 0. The van der Waals surface area contributed by atoms with E-state index in [9.17, 15) is 0 Å². The molecule has 0 fully saturated rings. The molecule has 0 amide bonds. The standard InChI is InChI=1S/C31H62N2/c1-4-7-10-12-14-15-16-17-18-19-21-23-26-31-32(27-24-9-6-3)29-30-33(31)28-25-22-20-13-11-8-5-2/h29-31H,4-28H2,1-3H3. The van der Waals surface area contributed by atoms with E-state index in [0.29, 0.717) is 6.17 Å². The van der Waals surface area contributed by atoms with Crippen molar-refractivity contribution in [1.82, 2.24) is 9.80 Å². The van der Waals surface area contributed by atoms with Gasteiger partial charge in [0.2, 0.25) is 0 Å². The van der Waals surface area contributed by atoms with Crippen LogP contribution in [0.5, 0.6) is 0 Å². The number of unbranched alkanes of at least 4 members (excludes halogenated alkanes) is 19. The molecule has 0 saturated carbocycles. The second kappa shape index (κ2) is 23.1. The van der Waals surface area contributed by atoms with Crippen molar-refractivity contribution in [3.05, 3.63) is 12.4 Å². The third-order valence-electron chi connectivity index (χ3n) is 7.57. The summed E-state index contributed by atoms with van der Waals surface area (Å²) in [5.74, 6) is 0. The molecule has 1 atom stereocenters. The van der Waals surface area contributed by atoms with Gasteiger partial charge in [0, 0.05) is 25.5 Å². The van der Waals surface area contributed by atoms with Gasteiger partial charge in [-0.1, -0.05) is 143 Å². The molecule has 0 aromatic heterocycles. The largest absolute Gasteiger partial charge is 0.356 e. The Labute approximate surface area is 210 Å². The minimum absolute atomic E-state index is 0.644. The van der Waals surface area contributed by atoms with E-state index in [1.54, 1.807) is 0 Å². The summed E-state index contributed by atoms with van der Waals surface area (Å²) in [6.07, 6.45) is 38.1. The number of hydrogen-bond donors (Lipinski definition) is 0. The predicted octanol–water partition coefficient (Wildman–Crippen LogP) is 10.4. The zero-order chi connectivity index (χ0) is 23.8. The molecule has 0 spiro atoms. The van der Waals surface area contributed by atoms with Gasteiger partial charge in [-0.3, -0.25) is 0 Å². The monoisotopic (exact) mass is 462 g/mol. The van der Waals surface area contributed by atoms with Crippen molar-refractivity contribution in [2.24, 2.45) is 0 Å². The molecule has 0 aromatic carbocycles. The van der Waals surface area contributed by atoms with Gasteiger partial charge in [-0.2, -0.15) is 0 Å². The van der Waals surface area contributed by atoms with Gasteiger partial charge in [-0.25, -0.2) is 0 Å². The normalized spacial score (nSPS) is 15.8. The van der Waals surface area contributed by atoms with Crippen LogP contribution >= 0.6 is 0 Å². The Morgan fingerprint density at radius 1 is 0.394 bits per heavy atom. The first kappa shape index (κ1) is 30.4. The van der Waals surface area contributed by atoms with Gasteiger partial charge in [0.05, 0.1) is 0 Å². The van der Waals surface area contributed by atoms with Crippen LogP contribution in [-0.4, -0.2) is 29.1 Å². The highest BCUT2D eigenvalue weighted by molar-refractivity contribution is 4.96. The highest BCUT2D eigenvalue weighted by Gasteiger charge is 2.24. The quantitative estimate of drug-likeness (QED) is 0.124. The smallest absolute Gasteiger partial charge is 0.101 e. The fourth-order valence-electron chi connectivity index (χ4n) is 5.30. The van der Waals surface area contributed by atoms with Crippen LogP contribution in [0.4, 0.5) is 0 Å². The Morgan fingerprint density at radius 3 is 1.12 bits per heavy atom. The molecule has 0 bridgehead atoms. The second-order valence-electron chi connectivity index (χ2n) is 10.8. The van der Waals surface area contributed by atoms with E-state index in [4.69, 9.17) is 0 Å². The van der Waals surface area contributed by atoms with E-state index >= 15 is 0 Å². The van der Waals surface area contributed by atoms with Crippen molar-refractivity contribution in [3.8, 4) is 0 Å². The molecule has 0 radical (unpaired) electrons. The third-order valence-corrected chi connectivity index (χ3v) is 7.57. The van der Waals surface area contributed by atoms with Gasteiger partial charge in [-0.05, 0) is 25.7 Å². The Kier molecular flexibility index (Phi) is 21.3. The lowest BCUT2D eigenvalue weighted by atomic mass is 10.0. The molecular weight excluding hydrogens is 400 g/mol. The Hall–Kier alpha value is -0.660. The van der Waals surface area contributed by atoms with E-state index in [-0.39, 0.29) is 0 Å². The average molecular weight is 463 g/mol. The zero-order valence-electron chi connectivity index (χ0n) is 23.3. The molecule has 2 nitrogen and oxygen atoms in total. The Morgan fingerprint density at radius 2 is 0.697 bits per heavy atom. The highest BCUT2D eigenvalue weighted by atomic mass is 15.4. The van der Waals surface area contributed by atoms with Crippen molar-refractivity contribution in [1.29, 1.82) is 0 Å². The molecule has 1 aliphatic heterocycles. The molecule has 1 unspecified atom stereocenters. The minimum atomic E-state index is 0.644. The zero-order valence-corrected chi connectivity index (χ0v) is 23.3.